The van der Waals surface area contributed by atoms with Gasteiger partial charge in [-0.2, -0.15) is 0 Å². The van der Waals surface area contributed by atoms with E-state index in [1.54, 1.807) is 0 Å². The summed E-state index contributed by atoms with van der Waals surface area (Å²) in [6.07, 6.45) is 7.12. The Labute approximate surface area is 90.6 Å². The number of nitrogens with one attached hydrogen (secondary N) is 1. The van der Waals surface area contributed by atoms with E-state index in [9.17, 15) is 0 Å². The summed E-state index contributed by atoms with van der Waals surface area (Å²) in [5, 5.41) is 3.30. The van der Waals surface area contributed by atoms with Crippen LogP contribution in [0.3, 0.4) is 0 Å². The fraction of sp³-hybridized carbons (Fsp3) is 0.500. The van der Waals surface area contributed by atoms with Crippen LogP contribution < -0.4 is 5.32 Å². The van der Waals surface area contributed by atoms with Gasteiger partial charge < -0.3 is 5.32 Å². The fourth-order valence-corrected chi connectivity index (χ4v) is 1.88. The van der Waals surface area contributed by atoms with Crippen LogP contribution in [0.15, 0.2) is 17.8 Å². The number of aromatic nitrogens is 2. The second-order valence-corrected chi connectivity index (χ2v) is 4.07. The highest BCUT2D eigenvalue weighted by Gasteiger charge is 2.05. The standard InChI is InChI=1S/C12H17N3/c1-9-8-10(2)14-12(13-9)15-11-6-4-3-5-7-11/h6,8H,3-5,7H2,1-2H3,(H,13,14,15). The largest absolute Gasteiger partial charge is 0.328 e. The van der Waals surface area contributed by atoms with Crippen LogP contribution in [-0.4, -0.2) is 9.97 Å². The maximum Gasteiger partial charge on any atom is 0.227 e. The molecule has 0 saturated heterocycles. The summed E-state index contributed by atoms with van der Waals surface area (Å²) in [6, 6.07) is 1.99. The van der Waals surface area contributed by atoms with Crippen molar-refractivity contribution in [3.05, 3.63) is 29.2 Å². The summed E-state index contributed by atoms with van der Waals surface area (Å²) >= 11 is 0. The molecule has 15 heavy (non-hydrogen) atoms. The molecule has 0 amide bonds. The lowest BCUT2D eigenvalue weighted by atomic mass is 10.1. The normalized spacial score (nSPS) is 16.0. The maximum absolute atomic E-state index is 4.37. The van der Waals surface area contributed by atoms with Gasteiger partial charge in [0.25, 0.3) is 0 Å². The highest BCUT2D eigenvalue weighted by Crippen LogP contribution is 2.18. The first kappa shape index (κ1) is 10.1. The Balaban J connectivity index is 2.12. The van der Waals surface area contributed by atoms with Crippen LogP contribution in [0.5, 0.6) is 0 Å². The van der Waals surface area contributed by atoms with Gasteiger partial charge in [0.15, 0.2) is 0 Å². The van der Waals surface area contributed by atoms with E-state index < -0.39 is 0 Å². The average Bonchev–Trinajstić information content (AvgIpc) is 2.17. The van der Waals surface area contributed by atoms with Crippen LogP contribution in [0.25, 0.3) is 0 Å². The van der Waals surface area contributed by atoms with Gasteiger partial charge in [0.05, 0.1) is 0 Å². The molecule has 0 radical (unpaired) electrons. The molecule has 1 aromatic heterocycles. The number of aryl methyl sites for hydroxylation is 2. The first-order valence-electron chi connectivity index (χ1n) is 5.52. The van der Waals surface area contributed by atoms with Crippen LogP contribution in [0, 0.1) is 13.8 Å². The van der Waals surface area contributed by atoms with Gasteiger partial charge in [0, 0.05) is 17.1 Å². The van der Waals surface area contributed by atoms with Crippen molar-refractivity contribution in [1.29, 1.82) is 0 Å². The molecule has 2 rings (SSSR count). The monoisotopic (exact) mass is 203 g/mol. The van der Waals surface area contributed by atoms with E-state index in [1.807, 2.05) is 19.9 Å². The minimum absolute atomic E-state index is 0.737. The fourth-order valence-electron chi connectivity index (χ4n) is 1.88. The predicted octanol–water partition coefficient (Wildman–Crippen LogP) is 2.96. The van der Waals surface area contributed by atoms with Gasteiger partial charge in [-0.15, -0.1) is 0 Å². The van der Waals surface area contributed by atoms with Crippen molar-refractivity contribution < 1.29 is 0 Å². The number of anilines is 1. The number of hydrogen-bond acceptors (Lipinski definition) is 3. The minimum atomic E-state index is 0.737. The topological polar surface area (TPSA) is 37.8 Å². The van der Waals surface area contributed by atoms with Crippen molar-refractivity contribution in [2.24, 2.45) is 0 Å². The average molecular weight is 203 g/mol. The quantitative estimate of drug-likeness (QED) is 0.803. The summed E-state index contributed by atoms with van der Waals surface area (Å²) in [5.74, 6) is 0.737. The summed E-state index contributed by atoms with van der Waals surface area (Å²) in [5.41, 5.74) is 3.30. The van der Waals surface area contributed by atoms with E-state index in [-0.39, 0.29) is 0 Å². The molecule has 1 aliphatic carbocycles. The van der Waals surface area contributed by atoms with Crippen molar-refractivity contribution in [2.75, 3.05) is 5.32 Å². The molecule has 3 nitrogen and oxygen atoms in total. The van der Waals surface area contributed by atoms with Gasteiger partial charge in [-0.1, -0.05) is 6.08 Å². The van der Waals surface area contributed by atoms with Gasteiger partial charge >= 0.3 is 0 Å². The molecular formula is C12H17N3. The first-order chi connectivity index (χ1) is 7.24. The van der Waals surface area contributed by atoms with Crippen LogP contribution in [0.2, 0.25) is 0 Å². The molecule has 1 N–H and O–H groups in total. The molecule has 80 valence electrons. The lowest BCUT2D eigenvalue weighted by Crippen LogP contribution is -2.07. The third-order valence-electron chi connectivity index (χ3n) is 2.55. The van der Waals surface area contributed by atoms with Crippen molar-refractivity contribution in [3.63, 3.8) is 0 Å². The number of allylic oxidation sites excluding steroid dienone is 2. The summed E-state index contributed by atoms with van der Waals surface area (Å²) in [4.78, 5) is 8.73. The van der Waals surface area contributed by atoms with Crippen molar-refractivity contribution >= 4 is 5.95 Å². The van der Waals surface area contributed by atoms with E-state index in [1.165, 1.54) is 25.0 Å². The molecule has 0 atom stereocenters. The lowest BCUT2D eigenvalue weighted by Gasteiger charge is -2.14. The van der Waals surface area contributed by atoms with E-state index in [4.69, 9.17) is 0 Å². The first-order valence-corrected chi connectivity index (χ1v) is 5.52. The molecule has 0 unspecified atom stereocenters. The molecular weight excluding hydrogens is 186 g/mol. The zero-order valence-electron chi connectivity index (χ0n) is 9.38. The van der Waals surface area contributed by atoms with Gasteiger partial charge in [-0.25, -0.2) is 9.97 Å². The minimum Gasteiger partial charge on any atom is -0.328 e. The smallest absolute Gasteiger partial charge is 0.227 e. The SMILES string of the molecule is Cc1cc(C)nc(NC2=CCCCC2)n1. The van der Waals surface area contributed by atoms with Gasteiger partial charge in [-0.05, 0) is 45.6 Å². The molecule has 0 aliphatic heterocycles. The number of hydrogen-bond donors (Lipinski definition) is 1. The number of rotatable bonds is 2. The van der Waals surface area contributed by atoms with Crippen molar-refractivity contribution in [3.8, 4) is 0 Å². The zero-order chi connectivity index (χ0) is 10.7. The molecule has 0 bridgehead atoms. The van der Waals surface area contributed by atoms with Gasteiger partial charge in [0.2, 0.25) is 5.95 Å². The molecule has 3 heteroatoms. The lowest BCUT2D eigenvalue weighted by molar-refractivity contribution is 0.702. The Morgan fingerprint density at radius 2 is 1.87 bits per heavy atom. The highest BCUT2D eigenvalue weighted by atomic mass is 15.1. The third-order valence-corrected chi connectivity index (χ3v) is 2.55. The zero-order valence-corrected chi connectivity index (χ0v) is 9.38. The summed E-state index contributed by atoms with van der Waals surface area (Å²) < 4.78 is 0. The summed E-state index contributed by atoms with van der Waals surface area (Å²) in [6.45, 7) is 3.99. The molecule has 1 heterocycles. The molecule has 0 saturated carbocycles. The van der Waals surface area contributed by atoms with E-state index in [0.29, 0.717) is 0 Å². The Bertz CT molecular complexity index is 362. The maximum atomic E-state index is 4.37. The van der Waals surface area contributed by atoms with E-state index in [2.05, 4.69) is 21.4 Å². The van der Waals surface area contributed by atoms with Crippen LogP contribution in [-0.2, 0) is 0 Å². The second-order valence-electron chi connectivity index (χ2n) is 4.07. The molecule has 0 spiro atoms. The third kappa shape index (κ3) is 2.78. The molecule has 0 fully saturated rings. The highest BCUT2D eigenvalue weighted by molar-refractivity contribution is 5.36. The second kappa shape index (κ2) is 4.43. The Morgan fingerprint density at radius 3 is 2.47 bits per heavy atom. The van der Waals surface area contributed by atoms with Crippen molar-refractivity contribution in [2.45, 2.75) is 39.5 Å². The summed E-state index contributed by atoms with van der Waals surface area (Å²) in [7, 11) is 0. The Morgan fingerprint density at radius 1 is 1.13 bits per heavy atom. The molecule has 0 aromatic carbocycles. The predicted molar refractivity (Wildman–Crippen MR) is 61.7 cm³/mol. The van der Waals surface area contributed by atoms with E-state index in [0.717, 1.165) is 23.8 Å². The molecule has 1 aliphatic rings. The molecule has 1 aromatic rings. The Kier molecular flexibility index (Phi) is 2.99. The Hall–Kier alpha value is -1.38. The van der Waals surface area contributed by atoms with Gasteiger partial charge in [-0.3, -0.25) is 0 Å². The van der Waals surface area contributed by atoms with Crippen molar-refractivity contribution in [1.82, 2.24) is 9.97 Å². The number of nitrogens with zero attached hydrogens (tertiary/aromatic N) is 2. The van der Waals surface area contributed by atoms with Crippen LogP contribution >= 0.6 is 0 Å². The van der Waals surface area contributed by atoms with E-state index >= 15 is 0 Å². The van der Waals surface area contributed by atoms with Crippen LogP contribution in [0.4, 0.5) is 5.95 Å². The van der Waals surface area contributed by atoms with Gasteiger partial charge in [0.1, 0.15) is 0 Å². The van der Waals surface area contributed by atoms with Crippen LogP contribution in [0.1, 0.15) is 37.1 Å².